The van der Waals surface area contributed by atoms with Gasteiger partial charge in [0, 0.05) is 23.2 Å². The smallest absolute Gasteiger partial charge is 0.224 e. The summed E-state index contributed by atoms with van der Waals surface area (Å²) in [5.41, 5.74) is 0.674. The van der Waals surface area contributed by atoms with Gasteiger partial charge in [0.05, 0.1) is 11.6 Å². The number of amides is 1. The zero-order valence-corrected chi connectivity index (χ0v) is 18.4. The fraction of sp³-hybridized carbons (Fsp3) is 0.208. The summed E-state index contributed by atoms with van der Waals surface area (Å²) >= 11 is 11.9. The Morgan fingerprint density at radius 2 is 1.52 bits per heavy atom. The van der Waals surface area contributed by atoms with Gasteiger partial charge in [-0.3, -0.25) is 4.79 Å². The molecule has 0 radical (unpaired) electrons. The highest BCUT2D eigenvalue weighted by molar-refractivity contribution is 6.35. The number of benzene rings is 3. The molecule has 162 valence electrons. The first-order valence-electron chi connectivity index (χ1n) is 9.88. The van der Waals surface area contributed by atoms with Crippen molar-refractivity contribution in [1.82, 2.24) is 0 Å². The van der Waals surface area contributed by atoms with E-state index >= 15 is 0 Å². The van der Waals surface area contributed by atoms with Crippen molar-refractivity contribution in [2.45, 2.75) is 12.8 Å². The maximum absolute atomic E-state index is 12.2. The van der Waals surface area contributed by atoms with Crippen LogP contribution in [-0.4, -0.2) is 25.7 Å². The molecule has 0 unspecified atom stereocenters. The molecule has 1 amide bonds. The zero-order chi connectivity index (χ0) is 21.9. The van der Waals surface area contributed by atoms with Crippen LogP contribution in [0.1, 0.15) is 12.8 Å². The Hall–Kier alpha value is -2.89. The van der Waals surface area contributed by atoms with Crippen LogP contribution in [0.4, 0.5) is 5.69 Å². The Labute approximate surface area is 191 Å². The van der Waals surface area contributed by atoms with E-state index in [1.54, 1.807) is 24.3 Å². The highest BCUT2D eigenvalue weighted by Gasteiger charge is 2.06. The van der Waals surface area contributed by atoms with Gasteiger partial charge in [-0.25, -0.2) is 0 Å². The van der Waals surface area contributed by atoms with Crippen molar-refractivity contribution in [3.8, 4) is 17.2 Å². The molecule has 0 aromatic heterocycles. The highest BCUT2D eigenvalue weighted by atomic mass is 35.5. The van der Waals surface area contributed by atoms with Crippen LogP contribution < -0.4 is 19.5 Å². The molecule has 0 heterocycles. The summed E-state index contributed by atoms with van der Waals surface area (Å²) < 4.78 is 16.9. The number of ether oxygens (including phenoxy) is 3. The number of hydrogen-bond donors (Lipinski definition) is 1. The summed E-state index contributed by atoms with van der Waals surface area (Å²) in [7, 11) is 0. The predicted molar refractivity (Wildman–Crippen MR) is 124 cm³/mol. The van der Waals surface area contributed by atoms with Crippen LogP contribution in [0.15, 0.2) is 72.8 Å². The first-order valence-corrected chi connectivity index (χ1v) is 10.6. The quantitative estimate of drug-likeness (QED) is 0.344. The van der Waals surface area contributed by atoms with Crippen molar-refractivity contribution in [3.63, 3.8) is 0 Å². The van der Waals surface area contributed by atoms with Crippen LogP contribution in [0.2, 0.25) is 10.0 Å². The van der Waals surface area contributed by atoms with Gasteiger partial charge >= 0.3 is 0 Å². The Morgan fingerprint density at radius 1 is 0.774 bits per heavy atom. The molecule has 0 aliphatic carbocycles. The average molecular weight is 460 g/mol. The summed E-state index contributed by atoms with van der Waals surface area (Å²) in [6, 6.07) is 21.9. The van der Waals surface area contributed by atoms with E-state index in [1.165, 1.54) is 0 Å². The molecule has 1 N–H and O–H groups in total. The lowest BCUT2D eigenvalue weighted by Gasteiger charge is -2.11. The van der Waals surface area contributed by atoms with E-state index in [1.807, 2.05) is 48.5 Å². The molecule has 3 aromatic rings. The molecule has 0 saturated heterocycles. The van der Waals surface area contributed by atoms with Gasteiger partial charge < -0.3 is 19.5 Å². The Bertz CT molecular complexity index is 982. The van der Waals surface area contributed by atoms with Crippen molar-refractivity contribution in [2.24, 2.45) is 0 Å². The van der Waals surface area contributed by atoms with Crippen molar-refractivity contribution in [2.75, 3.05) is 25.1 Å². The van der Waals surface area contributed by atoms with Gasteiger partial charge in [0.15, 0.2) is 0 Å². The normalized spacial score (nSPS) is 10.4. The van der Waals surface area contributed by atoms with E-state index in [2.05, 4.69) is 5.32 Å². The molecule has 0 atom stereocenters. The summed E-state index contributed by atoms with van der Waals surface area (Å²) in [6.07, 6.45) is 0.874. The summed E-state index contributed by atoms with van der Waals surface area (Å²) in [4.78, 5) is 12.2. The van der Waals surface area contributed by atoms with Gasteiger partial charge in [-0.15, -0.1) is 0 Å². The topological polar surface area (TPSA) is 56.8 Å². The van der Waals surface area contributed by atoms with Crippen molar-refractivity contribution < 1.29 is 19.0 Å². The zero-order valence-electron chi connectivity index (χ0n) is 16.9. The number of carbonyl (C=O) groups excluding carboxylic acids is 1. The molecule has 5 nitrogen and oxygen atoms in total. The largest absolute Gasteiger partial charge is 0.492 e. The number of halogens is 2. The van der Waals surface area contributed by atoms with E-state index < -0.39 is 0 Å². The van der Waals surface area contributed by atoms with Gasteiger partial charge in [-0.1, -0.05) is 47.5 Å². The van der Waals surface area contributed by atoms with Gasteiger partial charge in [-0.2, -0.15) is 0 Å². The minimum atomic E-state index is -0.102. The highest BCUT2D eigenvalue weighted by Crippen LogP contribution is 2.27. The van der Waals surface area contributed by atoms with Gasteiger partial charge in [-0.05, 0) is 48.9 Å². The monoisotopic (exact) mass is 459 g/mol. The van der Waals surface area contributed by atoms with Crippen LogP contribution in [0.3, 0.4) is 0 Å². The molecule has 3 aromatic carbocycles. The lowest BCUT2D eigenvalue weighted by Crippen LogP contribution is -2.13. The number of carbonyl (C=O) groups is 1. The van der Waals surface area contributed by atoms with Crippen molar-refractivity contribution >= 4 is 34.8 Å². The number of rotatable bonds is 11. The van der Waals surface area contributed by atoms with Crippen molar-refractivity contribution in [1.29, 1.82) is 0 Å². The molecule has 31 heavy (non-hydrogen) atoms. The van der Waals surface area contributed by atoms with Crippen LogP contribution >= 0.6 is 23.2 Å². The third-order valence-electron chi connectivity index (χ3n) is 4.18. The molecular formula is C24H23Cl2NO4. The predicted octanol–water partition coefficient (Wildman–Crippen LogP) is 6.25. The number of anilines is 1. The minimum Gasteiger partial charge on any atom is -0.492 e. The van der Waals surface area contributed by atoms with Gasteiger partial charge in [0.1, 0.15) is 30.5 Å². The average Bonchev–Trinajstić information content (AvgIpc) is 2.76. The van der Waals surface area contributed by atoms with E-state index in [9.17, 15) is 4.79 Å². The molecule has 3 rings (SSSR count). The second-order valence-electron chi connectivity index (χ2n) is 6.61. The SMILES string of the molecule is O=C(CCCOc1ccc(Cl)cc1Cl)Nc1cccc(OCCOc2ccccc2)c1. The van der Waals surface area contributed by atoms with Crippen LogP contribution in [0, 0.1) is 0 Å². The second-order valence-corrected chi connectivity index (χ2v) is 7.46. The fourth-order valence-corrected chi connectivity index (χ4v) is 3.19. The minimum absolute atomic E-state index is 0.102. The number of para-hydroxylation sites is 1. The van der Waals surface area contributed by atoms with E-state index in [0.717, 1.165) is 5.75 Å². The summed E-state index contributed by atoms with van der Waals surface area (Å²) in [5.74, 6) is 1.91. The molecule has 0 fully saturated rings. The van der Waals surface area contributed by atoms with E-state index in [0.29, 0.717) is 59.9 Å². The molecule has 0 bridgehead atoms. The molecule has 0 saturated carbocycles. The number of hydrogen-bond acceptors (Lipinski definition) is 4. The van der Waals surface area contributed by atoms with Crippen LogP contribution in [-0.2, 0) is 4.79 Å². The maximum atomic E-state index is 12.2. The van der Waals surface area contributed by atoms with Crippen molar-refractivity contribution in [3.05, 3.63) is 82.8 Å². The van der Waals surface area contributed by atoms with Crippen LogP contribution in [0.5, 0.6) is 17.2 Å². The fourth-order valence-electron chi connectivity index (χ4n) is 2.73. The molecule has 0 spiro atoms. The van der Waals surface area contributed by atoms with E-state index in [-0.39, 0.29) is 5.91 Å². The third kappa shape index (κ3) is 8.04. The molecular weight excluding hydrogens is 437 g/mol. The Kier molecular flexibility index (Phi) is 8.88. The molecule has 0 aliphatic heterocycles. The molecule has 7 heteroatoms. The lowest BCUT2D eigenvalue weighted by atomic mass is 10.2. The maximum Gasteiger partial charge on any atom is 0.224 e. The summed E-state index contributed by atoms with van der Waals surface area (Å²) in [6.45, 7) is 1.20. The standard InChI is InChI=1S/C24H23Cl2NO4/c25-18-11-12-23(22(26)16-18)31-13-5-10-24(28)27-19-6-4-9-21(17-19)30-15-14-29-20-7-2-1-3-8-20/h1-4,6-9,11-12,16-17H,5,10,13-15H2,(H,27,28). The lowest BCUT2D eigenvalue weighted by molar-refractivity contribution is -0.116. The first-order chi connectivity index (χ1) is 15.1. The van der Waals surface area contributed by atoms with Gasteiger partial charge in [0.2, 0.25) is 5.91 Å². The second kappa shape index (κ2) is 12.1. The Morgan fingerprint density at radius 3 is 2.29 bits per heavy atom. The number of nitrogens with one attached hydrogen (secondary N) is 1. The van der Waals surface area contributed by atoms with E-state index in [4.69, 9.17) is 37.4 Å². The van der Waals surface area contributed by atoms with Gasteiger partial charge in [0.25, 0.3) is 0 Å². The third-order valence-corrected chi connectivity index (χ3v) is 4.71. The Balaban J connectivity index is 1.36. The molecule has 0 aliphatic rings. The van der Waals surface area contributed by atoms with Crippen LogP contribution in [0.25, 0.3) is 0 Å². The summed E-state index contributed by atoms with van der Waals surface area (Å²) in [5, 5.41) is 3.86. The first kappa shape index (κ1) is 22.8.